The number of nitrogens with zero attached hydrogens (tertiary/aromatic N) is 1. The fourth-order valence-corrected chi connectivity index (χ4v) is 3.64. The number of thiophene rings is 1. The quantitative estimate of drug-likeness (QED) is 0.545. The number of fused-ring (bicyclic) bond motifs is 1. The monoisotopic (exact) mass is 365 g/mol. The zero-order chi connectivity index (χ0) is 16.4. The van der Waals surface area contributed by atoms with Crippen LogP contribution in [0.4, 0.5) is 5.69 Å². The van der Waals surface area contributed by atoms with Crippen LogP contribution < -0.4 is 10.9 Å². The van der Waals surface area contributed by atoms with E-state index in [9.17, 15) is 9.59 Å². The molecule has 1 amide bonds. The highest BCUT2D eigenvalue weighted by Crippen LogP contribution is 2.23. The maximum atomic E-state index is 12.2. The van der Waals surface area contributed by atoms with Crippen molar-refractivity contribution in [2.24, 2.45) is 0 Å². The van der Waals surface area contributed by atoms with Gasteiger partial charge in [0.2, 0.25) is 5.91 Å². The number of hydrogen-bond acceptors (Lipinski definition) is 5. The highest BCUT2D eigenvalue weighted by atomic mass is 35.5. The summed E-state index contributed by atoms with van der Waals surface area (Å²) < 4.78 is 0. The van der Waals surface area contributed by atoms with Crippen LogP contribution in [-0.2, 0) is 4.79 Å². The highest BCUT2D eigenvalue weighted by molar-refractivity contribution is 8.00. The van der Waals surface area contributed by atoms with E-state index < -0.39 is 5.25 Å². The summed E-state index contributed by atoms with van der Waals surface area (Å²) in [7, 11) is 0. The Balaban J connectivity index is 1.71. The van der Waals surface area contributed by atoms with Crippen molar-refractivity contribution < 1.29 is 4.79 Å². The molecule has 0 bridgehead atoms. The SMILES string of the molecule is C[C@H](Sc1nc2sccc2c(=O)[nH]1)C(=O)Nc1ccc(Cl)cc1. The summed E-state index contributed by atoms with van der Waals surface area (Å²) in [6, 6.07) is 8.61. The number of benzene rings is 1. The molecule has 5 nitrogen and oxygen atoms in total. The number of anilines is 1. The third-order valence-electron chi connectivity index (χ3n) is 3.08. The molecule has 0 spiro atoms. The van der Waals surface area contributed by atoms with Crippen molar-refractivity contribution in [1.29, 1.82) is 0 Å². The fraction of sp³-hybridized carbons (Fsp3) is 0.133. The second-order valence-corrected chi connectivity index (χ2v) is 7.43. The molecule has 8 heteroatoms. The molecule has 0 saturated heterocycles. The normalized spacial score (nSPS) is 12.3. The number of carbonyl (C=O) groups is 1. The Labute approximate surface area is 145 Å². The van der Waals surface area contributed by atoms with Gasteiger partial charge in [0.25, 0.3) is 5.56 Å². The average Bonchev–Trinajstić information content (AvgIpc) is 2.98. The number of rotatable bonds is 4. The summed E-state index contributed by atoms with van der Waals surface area (Å²) in [6.07, 6.45) is 0. The molecule has 3 rings (SSSR count). The Hall–Kier alpha value is -1.83. The van der Waals surface area contributed by atoms with Gasteiger partial charge in [-0.3, -0.25) is 9.59 Å². The molecule has 1 aromatic carbocycles. The second kappa shape index (κ2) is 6.74. The van der Waals surface area contributed by atoms with Crippen LogP contribution in [0.3, 0.4) is 0 Å². The van der Waals surface area contributed by atoms with Gasteiger partial charge in [-0.2, -0.15) is 0 Å². The van der Waals surface area contributed by atoms with Crippen LogP contribution in [0.2, 0.25) is 5.02 Å². The Kier molecular flexibility index (Phi) is 4.70. The minimum atomic E-state index is -0.411. The zero-order valence-electron chi connectivity index (χ0n) is 12.0. The van der Waals surface area contributed by atoms with Crippen molar-refractivity contribution in [2.45, 2.75) is 17.3 Å². The van der Waals surface area contributed by atoms with E-state index in [0.717, 1.165) is 0 Å². The first-order valence-corrected chi connectivity index (χ1v) is 8.87. The molecule has 2 N–H and O–H groups in total. The first-order valence-electron chi connectivity index (χ1n) is 6.73. The van der Waals surface area contributed by atoms with Crippen LogP contribution in [0.1, 0.15) is 6.92 Å². The number of thioether (sulfide) groups is 1. The maximum Gasteiger partial charge on any atom is 0.260 e. The topological polar surface area (TPSA) is 74.8 Å². The average molecular weight is 366 g/mol. The predicted molar refractivity (Wildman–Crippen MR) is 95.6 cm³/mol. The largest absolute Gasteiger partial charge is 0.325 e. The van der Waals surface area contributed by atoms with Gasteiger partial charge < -0.3 is 10.3 Å². The van der Waals surface area contributed by atoms with Crippen LogP contribution in [0.15, 0.2) is 45.7 Å². The lowest BCUT2D eigenvalue weighted by Gasteiger charge is -2.11. The van der Waals surface area contributed by atoms with Gasteiger partial charge in [0.1, 0.15) is 4.83 Å². The second-order valence-electron chi connectivity index (χ2n) is 4.77. The van der Waals surface area contributed by atoms with Crippen molar-refractivity contribution >= 4 is 56.5 Å². The lowest BCUT2D eigenvalue weighted by Crippen LogP contribution is -2.23. The maximum absolute atomic E-state index is 12.2. The van der Waals surface area contributed by atoms with Crippen LogP contribution >= 0.6 is 34.7 Å². The number of aromatic nitrogens is 2. The number of hydrogen-bond donors (Lipinski definition) is 2. The van der Waals surface area contributed by atoms with Gasteiger partial charge >= 0.3 is 0 Å². The molecule has 0 fully saturated rings. The molecule has 0 saturated carbocycles. The van der Waals surface area contributed by atoms with E-state index in [1.54, 1.807) is 37.3 Å². The van der Waals surface area contributed by atoms with Crippen molar-refractivity contribution in [3.05, 3.63) is 51.1 Å². The smallest absolute Gasteiger partial charge is 0.260 e. The van der Waals surface area contributed by atoms with Gasteiger partial charge in [-0.15, -0.1) is 11.3 Å². The Morgan fingerprint density at radius 2 is 2.09 bits per heavy atom. The molecule has 2 aromatic heterocycles. The van der Waals surface area contributed by atoms with E-state index in [1.807, 2.05) is 5.38 Å². The van der Waals surface area contributed by atoms with E-state index >= 15 is 0 Å². The molecule has 0 aliphatic rings. The first kappa shape index (κ1) is 16.0. The van der Waals surface area contributed by atoms with Crippen LogP contribution in [0.25, 0.3) is 10.2 Å². The molecule has 2 heterocycles. The molecule has 0 aliphatic heterocycles. The van der Waals surface area contributed by atoms with E-state index in [4.69, 9.17) is 11.6 Å². The third kappa shape index (κ3) is 3.74. The van der Waals surface area contributed by atoms with Gasteiger partial charge in [-0.05, 0) is 42.6 Å². The molecule has 0 radical (unpaired) electrons. The lowest BCUT2D eigenvalue weighted by molar-refractivity contribution is -0.115. The molecule has 1 atom stereocenters. The van der Waals surface area contributed by atoms with Gasteiger partial charge in [0, 0.05) is 10.7 Å². The van der Waals surface area contributed by atoms with Gasteiger partial charge in [0.15, 0.2) is 5.16 Å². The summed E-state index contributed by atoms with van der Waals surface area (Å²) >= 11 is 8.42. The predicted octanol–water partition coefficient (Wildman–Crippen LogP) is 3.76. The number of carbonyl (C=O) groups excluding carboxylic acids is 1. The minimum absolute atomic E-state index is 0.175. The van der Waals surface area contributed by atoms with Crippen molar-refractivity contribution in [1.82, 2.24) is 9.97 Å². The molecular formula is C15H12ClN3O2S2. The molecule has 0 aliphatic carbocycles. The summed E-state index contributed by atoms with van der Waals surface area (Å²) in [5.74, 6) is -0.175. The van der Waals surface area contributed by atoms with E-state index in [1.165, 1.54) is 23.1 Å². The van der Waals surface area contributed by atoms with Crippen molar-refractivity contribution in [3.63, 3.8) is 0 Å². The first-order chi connectivity index (χ1) is 11.0. The molecule has 118 valence electrons. The highest BCUT2D eigenvalue weighted by Gasteiger charge is 2.17. The lowest BCUT2D eigenvalue weighted by atomic mass is 10.3. The van der Waals surface area contributed by atoms with Crippen molar-refractivity contribution in [3.8, 4) is 0 Å². The summed E-state index contributed by atoms with van der Waals surface area (Å²) in [6.45, 7) is 1.76. The van der Waals surface area contributed by atoms with Gasteiger partial charge in [-0.1, -0.05) is 23.4 Å². The molecular weight excluding hydrogens is 354 g/mol. The standard InChI is InChI=1S/C15H12ClN3O2S2/c1-8(12(20)17-10-4-2-9(16)3-5-10)23-15-18-13(21)11-6-7-22-14(11)19-15/h2-8H,1H3,(H,17,20)(H,18,19,21)/t8-/m0/s1. The number of halogens is 1. The Morgan fingerprint density at radius 1 is 1.35 bits per heavy atom. The third-order valence-corrected chi connectivity index (χ3v) is 5.13. The summed E-state index contributed by atoms with van der Waals surface area (Å²) in [4.78, 5) is 31.9. The van der Waals surface area contributed by atoms with E-state index in [2.05, 4.69) is 15.3 Å². The number of nitrogens with one attached hydrogen (secondary N) is 2. The minimum Gasteiger partial charge on any atom is -0.325 e. The van der Waals surface area contributed by atoms with Crippen LogP contribution in [0.5, 0.6) is 0 Å². The Bertz CT molecular complexity index is 905. The molecule has 3 aromatic rings. The summed E-state index contributed by atoms with van der Waals surface area (Å²) in [5.41, 5.74) is 0.478. The van der Waals surface area contributed by atoms with Crippen LogP contribution in [0, 0.1) is 0 Å². The number of amides is 1. The van der Waals surface area contributed by atoms with Crippen LogP contribution in [-0.4, -0.2) is 21.1 Å². The Morgan fingerprint density at radius 3 is 2.83 bits per heavy atom. The molecule has 0 unspecified atom stereocenters. The van der Waals surface area contributed by atoms with E-state index in [0.29, 0.717) is 26.1 Å². The number of H-pyrrole nitrogens is 1. The van der Waals surface area contributed by atoms with Gasteiger partial charge in [-0.25, -0.2) is 4.98 Å². The number of aromatic amines is 1. The summed E-state index contributed by atoms with van der Waals surface area (Å²) in [5, 5.41) is 5.82. The molecule has 23 heavy (non-hydrogen) atoms. The van der Waals surface area contributed by atoms with Gasteiger partial charge in [0.05, 0.1) is 10.6 Å². The van der Waals surface area contributed by atoms with E-state index in [-0.39, 0.29) is 11.5 Å². The zero-order valence-corrected chi connectivity index (χ0v) is 14.4. The fourth-order valence-electron chi connectivity index (χ4n) is 1.90. The van der Waals surface area contributed by atoms with Crippen molar-refractivity contribution in [2.75, 3.05) is 5.32 Å².